The van der Waals surface area contributed by atoms with Gasteiger partial charge in [0.05, 0.1) is 5.56 Å². The Morgan fingerprint density at radius 1 is 1.15 bits per heavy atom. The Kier molecular flexibility index (Phi) is 4.88. The van der Waals surface area contributed by atoms with Crippen LogP contribution in [-0.2, 0) is 0 Å². The molecule has 0 aliphatic carbocycles. The number of furan rings is 1. The number of piperidine rings is 1. The maximum atomic E-state index is 13.8. The molecule has 1 N–H and O–H groups in total. The summed E-state index contributed by atoms with van der Waals surface area (Å²) in [5, 5.41) is 2.84. The first-order valence-electron chi connectivity index (χ1n) is 8.10. The van der Waals surface area contributed by atoms with Crippen LogP contribution in [0.2, 0.25) is 0 Å². The zero-order valence-corrected chi connectivity index (χ0v) is 14.2. The molecule has 0 spiro atoms. The lowest BCUT2D eigenvalue weighted by atomic mass is 10.0. The molecule has 5 nitrogen and oxygen atoms in total. The molecule has 0 aromatic carbocycles. The largest absolute Gasteiger partial charge is 0.466 e. The fourth-order valence-electron chi connectivity index (χ4n) is 3.12. The van der Waals surface area contributed by atoms with Crippen molar-refractivity contribution in [3.05, 3.63) is 46.7 Å². The Balaban J connectivity index is 1.67. The Bertz CT molecular complexity index is 819. The molecular formula is C17H17F4N3O2. The second kappa shape index (κ2) is 6.97. The van der Waals surface area contributed by atoms with E-state index in [-0.39, 0.29) is 25.0 Å². The number of halogens is 4. The number of carbonyl (C=O) groups is 1. The van der Waals surface area contributed by atoms with Crippen LogP contribution < -0.4 is 10.2 Å². The molecule has 1 aliphatic rings. The van der Waals surface area contributed by atoms with E-state index in [4.69, 9.17) is 4.42 Å². The summed E-state index contributed by atoms with van der Waals surface area (Å²) < 4.78 is 59.5. The third-order valence-electron chi connectivity index (χ3n) is 4.41. The van der Waals surface area contributed by atoms with Gasteiger partial charge >= 0.3 is 0 Å². The van der Waals surface area contributed by atoms with Gasteiger partial charge in [-0.1, -0.05) is 0 Å². The summed E-state index contributed by atoms with van der Waals surface area (Å²) in [5.41, 5.74) is -0.332. The SMILES string of the molecule is Cc1cc(C(=O)NC2CCN(c3c(F)c(F)nc(F)c3F)CC2)c(C)o1. The summed E-state index contributed by atoms with van der Waals surface area (Å²) in [7, 11) is 0. The third kappa shape index (κ3) is 3.38. The van der Waals surface area contributed by atoms with Crippen molar-refractivity contribution in [1.82, 2.24) is 10.3 Å². The second-order valence-electron chi connectivity index (χ2n) is 6.23. The lowest BCUT2D eigenvalue weighted by Gasteiger charge is -2.34. The zero-order valence-electron chi connectivity index (χ0n) is 14.2. The van der Waals surface area contributed by atoms with Gasteiger partial charge in [0.1, 0.15) is 17.2 Å². The van der Waals surface area contributed by atoms with Gasteiger partial charge < -0.3 is 14.6 Å². The zero-order chi connectivity index (χ0) is 19.0. The highest BCUT2D eigenvalue weighted by molar-refractivity contribution is 5.95. The van der Waals surface area contributed by atoms with Crippen molar-refractivity contribution >= 4 is 11.6 Å². The Labute approximate surface area is 147 Å². The molecule has 3 rings (SSSR count). The van der Waals surface area contributed by atoms with Gasteiger partial charge in [-0.3, -0.25) is 4.79 Å². The molecule has 26 heavy (non-hydrogen) atoms. The third-order valence-corrected chi connectivity index (χ3v) is 4.41. The lowest BCUT2D eigenvalue weighted by Crippen LogP contribution is -2.45. The first-order valence-corrected chi connectivity index (χ1v) is 8.10. The molecule has 2 aromatic rings. The summed E-state index contributed by atoms with van der Waals surface area (Å²) in [5.74, 6) is -5.57. The molecule has 1 aliphatic heterocycles. The van der Waals surface area contributed by atoms with Crippen molar-refractivity contribution in [1.29, 1.82) is 0 Å². The molecule has 0 bridgehead atoms. The molecule has 9 heteroatoms. The monoisotopic (exact) mass is 371 g/mol. The van der Waals surface area contributed by atoms with Crippen molar-refractivity contribution < 1.29 is 26.8 Å². The van der Waals surface area contributed by atoms with Gasteiger partial charge in [0.15, 0.2) is 0 Å². The van der Waals surface area contributed by atoms with Gasteiger partial charge in [-0.05, 0) is 32.8 Å². The maximum Gasteiger partial charge on any atom is 0.255 e. The maximum absolute atomic E-state index is 13.8. The van der Waals surface area contributed by atoms with Crippen LogP contribution in [0.3, 0.4) is 0 Å². The number of carbonyl (C=O) groups excluding carboxylic acids is 1. The van der Waals surface area contributed by atoms with E-state index >= 15 is 0 Å². The van der Waals surface area contributed by atoms with Crippen molar-refractivity contribution in [2.75, 3.05) is 18.0 Å². The molecule has 1 fully saturated rings. The van der Waals surface area contributed by atoms with E-state index in [9.17, 15) is 22.4 Å². The summed E-state index contributed by atoms with van der Waals surface area (Å²) in [6.45, 7) is 3.68. The number of aromatic nitrogens is 1. The van der Waals surface area contributed by atoms with Crippen molar-refractivity contribution in [2.45, 2.75) is 32.7 Å². The quantitative estimate of drug-likeness (QED) is 0.665. The number of hydrogen-bond acceptors (Lipinski definition) is 4. The fourth-order valence-corrected chi connectivity index (χ4v) is 3.12. The van der Waals surface area contributed by atoms with E-state index in [1.165, 1.54) is 4.90 Å². The van der Waals surface area contributed by atoms with Crippen LogP contribution >= 0.6 is 0 Å². The van der Waals surface area contributed by atoms with E-state index < -0.39 is 29.2 Å². The van der Waals surface area contributed by atoms with E-state index in [2.05, 4.69) is 10.3 Å². The highest BCUT2D eigenvalue weighted by atomic mass is 19.2. The second-order valence-corrected chi connectivity index (χ2v) is 6.23. The molecule has 140 valence electrons. The van der Waals surface area contributed by atoms with Gasteiger partial charge in [-0.15, -0.1) is 0 Å². The Morgan fingerprint density at radius 2 is 1.73 bits per heavy atom. The molecule has 0 saturated carbocycles. The average molecular weight is 371 g/mol. The fraction of sp³-hybridized carbons (Fsp3) is 0.412. The summed E-state index contributed by atoms with van der Waals surface area (Å²) >= 11 is 0. The summed E-state index contributed by atoms with van der Waals surface area (Å²) in [4.78, 5) is 16.1. The number of pyridine rings is 1. The number of amides is 1. The predicted octanol–water partition coefficient (Wildman–Crippen LogP) is 3.25. The number of anilines is 1. The topological polar surface area (TPSA) is 58.4 Å². The molecular weight excluding hydrogens is 354 g/mol. The van der Waals surface area contributed by atoms with E-state index in [0.29, 0.717) is 29.9 Å². The molecule has 1 saturated heterocycles. The van der Waals surface area contributed by atoms with Crippen molar-refractivity contribution in [3.63, 3.8) is 0 Å². The minimum Gasteiger partial charge on any atom is -0.466 e. The number of aryl methyl sites for hydroxylation is 2. The highest BCUT2D eigenvalue weighted by Gasteiger charge is 2.29. The number of rotatable bonds is 3. The minimum atomic E-state index is -1.68. The van der Waals surface area contributed by atoms with Gasteiger partial charge in [0.25, 0.3) is 17.8 Å². The normalized spacial score (nSPS) is 15.4. The van der Waals surface area contributed by atoms with Crippen LogP contribution in [0.1, 0.15) is 34.7 Å². The van der Waals surface area contributed by atoms with Crippen LogP contribution in [0.15, 0.2) is 10.5 Å². The number of nitrogens with zero attached hydrogens (tertiary/aromatic N) is 2. The molecule has 1 amide bonds. The van der Waals surface area contributed by atoms with Gasteiger partial charge in [-0.2, -0.15) is 22.5 Å². The van der Waals surface area contributed by atoms with Gasteiger partial charge in [-0.25, -0.2) is 0 Å². The number of nitrogens with one attached hydrogen (secondary N) is 1. The first kappa shape index (κ1) is 18.2. The average Bonchev–Trinajstić information content (AvgIpc) is 2.93. The van der Waals surface area contributed by atoms with Crippen LogP contribution in [0.4, 0.5) is 23.2 Å². The molecule has 0 atom stereocenters. The van der Waals surface area contributed by atoms with Crippen LogP contribution in [-0.4, -0.2) is 30.0 Å². The van der Waals surface area contributed by atoms with E-state index in [1.807, 2.05) is 0 Å². The summed E-state index contributed by atoms with van der Waals surface area (Å²) in [6, 6.07) is 1.41. The van der Waals surface area contributed by atoms with Crippen LogP contribution in [0.5, 0.6) is 0 Å². The predicted molar refractivity (Wildman–Crippen MR) is 85.0 cm³/mol. The minimum absolute atomic E-state index is 0.130. The number of hydrogen-bond donors (Lipinski definition) is 1. The summed E-state index contributed by atoms with van der Waals surface area (Å²) in [6.07, 6.45) is 0.734. The van der Waals surface area contributed by atoms with Crippen molar-refractivity contribution in [3.8, 4) is 0 Å². The van der Waals surface area contributed by atoms with Crippen LogP contribution in [0, 0.1) is 37.4 Å². The smallest absolute Gasteiger partial charge is 0.255 e. The van der Waals surface area contributed by atoms with E-state index in [1.54, 1.807) is 19.9 Å². The Hall–Kier alpha value is -2.58. The molecule has 0 unspecified atom stereocenters. The standard InChI is InChI=1S/C17H17F4N3O2/c1-8-7-11(9(2)26-8)17(25)22-10-3-5-24(6-4-10)14-12(18)15(20)23-16(21)13(14)19/h7,10H,3-6H2,1-2H3,(H,22,25). The lowest BCUT2D eigenvalue weighted by molar-refractivity contribution is 0.0929. The van der Waals surface area contributed by atoms with Gasteiger partial charge in [0, 0.05) is 19.1 Å². The highest BCUT2D eigenvalue weighted by Crippen LogP contribution is 2.28. The Morgan fingerprint density at radius 3 is 2.23 bits per heavy atom. The van der Waals surface area contributed by atoms with Gasteiger partial charge in [0.2, 0.25) is 11.6 Å². The molecule has 3 heterocycles. The van der Waals surface area contributed by atoms with Crippen LogP contribution in [0.25, 0.3) is 0 Å². The van der Waals surface area contributed by atoms with E-state index in [0.717, 1.165) is 0 Å². The van der Waals surface area contributed by atoms with Crippen molar-refractivity contribution in [2.24, 2.45) is 0 Å². The molecule has 0 radical (unpaired) electrons. The molecule has 2 aromatic heterocycles. The first-order chi connectivity index (χ1) is 12.3.